The molecule has 0 fully saturated rings. The Balaban J connectivity index is 0.000000195. The molecule has 164 valence electrons. The summed E-state index contributed by atoms with van der Waals surface area (Å²) in [5, 5.41) is 0. The molecule has 4 rings (SSSR count). The minimum Gasteiger partial charge on any atom is -0.311 e. The number of nitrogens with zero attached hydrogens (tertiary/aromatic N) is 1. The minimum absolute atomic E-state index is 0.163. The van der Waals surface area contributed by atoms with Gasteiger partial charge in [-0.3, -0.25) is 4.18 Å². The molecule has 0 saturated heterocycles. The van der Waals surface area contributed by atoms with Crippen molar-refractivity contribution < 1.29 is 12.6 Å². The average Bonchev–Trinajstić information content (AvgIpc) is 2.82. The van der Waals surface area contributed by atoms with Gasteiger partial charge in [0.2, 0.25) is 0 Å². The third-order valence-electron chi connectivity index (χ3n) is 4.63. The third-order valence-corrected chi connectivity index (χ3v) is 6.02. The van der Waals surface area contributed by atoms with E-state index in [-0.39, 0.29) is 11.5 Å². The van der Waals surface area contributed by atoms with Crippen molar-refractivity contribution in [3.63, 3.8) is 0 Å². The van der Waals surface area contributed by atoms with E-state index in [0.29, 0.717) is 0 Å². The summed E-state index contributed by atoms with van der Waals surface area (Å²) in [6.45, 7) is 3.71. The highest BCUT2D eigenvalue weighted by molar-refractivity contribution is 7.86. The van der Waals surface area contributed by atoms with Gasteiger partial charge in [0.25, 0.3) is 10.1 Å². The molecule has 4 aromatic carbocycles. The summed E-state index contributed by atoms with van der Waals surface area (Å²) >= 11 is 0. The van der Waals surface area contributed by atoms with Crippen LogP contribution in [-0.4, -0.2) is 15.0 Å². The Morgan fingerprint density at radius 3 is 1.34 bits per heavy atom. The van der Waals surface area contributed by atoms with Crippen LogP contribution in [-0.2, 0) is 14.3 Å². The number of benzene rings is 4. The van der Waals surface area contributed by atoms with Gasteiger partial charge in [-0.05, 0) is 62.4 Å². The number of rotatable bonds is 6. The average molecular weight is 446 g/mol. The summed E-state index contributed by atoms with van der Waals surface area (Å²) in [5.41, 5.74) is 4.52. The van der Waals surface area contributed by atoms with Gasteiger partial charge in [0.1, 0.15) is 0 Å². The second kappa shape index (κ2) is 11.3. The monoisotopic (exact) mass is 445 g/mol. The van der Waals surface area contributed by atoms with E-state index >= 15 is 0 Å². The van der Waals surface area contributed by atoms with E-state index in [9.17, 15) is 8.42 Å². The van der Waals surface area contributed by atoms with E-state index in [1.54, 1.807) is 31.2 Å². The van der Waals surface area contributed by atoms with Crippen molar-refractivity contribution in [2.24, 2.45) is 0 Å². The zero-order chi connectivity index (χ0) is 22.8. The van der Waals surface area contributed by atoms with Crippen LogP contribution in [0.2, 0.25) is 0 Å². The summed E-state index contributed by atoms with van der Waals surface area (Å²) in [6.07, 6.45) is 0. The maximum absolute atomic E-state index is 11.3. The van der Waals surface area contributed by atoms with Crippen molar-refractivity contribution in [3.8, 4) is 0 Å². The van der Waals surface area contributed by atoms with Crippen LogP contribution in [0.1, 0.15) is 12.5 Å². The number of aryl methyl sites for hydroxylation is 1. The number of hydrogen-bond acceptors (Lipinski definition) is 4. The van der Waals surface area contributed by atoms with E-state index in [2.05, 4.69) is 81.9 Å². The van der Waals surface area contributed by atoms with Crippen LogP contribution in [0.15, 0.2) is 120 Å². The summed E-state index contributed by atoms with van der Waals surface area (Å²) in [5.74, 6) is 0. The lowest BCUT2D eigenvalue weighted by Crippen LogP contribution is -2.09. The van der Waals surface area contributed by atoms with Gasteiger partial charge < -0.3 is 4.90 Å². The van der Waals surface area contributed by atoms with Gasteiger partial charge in [-0.25, -0.2) is 0 Å². The molecule has 0 aliphatic carbocycles. The topological polar surface area (TPSA) is 46.6 Å². The molecule has 0 radical (unpaired) electrons. The van der Waals surface area contributed by atoms with Gasteiger partial charge in [0.15, 0.2) is 0 Å². The molecular weight excluding hydrogens is 418 g/mol. The first-order chi connectivity index (χ1) is 15.5. The molecule has 0 unspecified atom stereocenters. The number of anilines is 3. The molecule has 0 atom stereocenters. The lowest BCUT2D eigenvalue weighted by atomic mass is 10.2. The highest BCUT2D eigenvalue weighted by atomic mass is 32.2. The smallest absolute Gasteiger partial charge is 0.296 e. The number of para-hydroxylation sites is 3. The van der Waals surface area contributed by atoms with Gasteiger partial charge in [0.05, 0.1) is 11.5 Å². The quantitative estimate of drug-likeness (QED) is 0.304. The lowest BCUT2D eigenvalue weighted by Gasteiger charge is -2.25. The number of hydrogen-bond donors (Lipinski definition) is 0. The van der Waals surface area contributed by atoms with Crippen LogP contribution < -0.4 is 4.90 Å². The summed E-state index contributed by atoms with van der Waals surface area (Å²) in [7, 11) is -3.53. The molecule has 32 heavy (non-hydrogen) atoms. The predicted molar refractivity (Wildman–Crippen MR) is 131 cm³/mol. The van der Waals surface area contributed by atoms with E-state index in [0.717, 1.165) is 5.56 Å². The molecule has 4 nitrogen and oxygen atoms in total. The molecular formula is C27H27NO3S. The fourth-order valence-electron chi connectivity index (χ4n) is 3.11. The van der Waals surface area contributed by atoms with Crippen molar-refractivity contribution >= 4 is 27.2 Å². The molecule has 0 aliphatic rings. The molecule has 0 heterocycles. The molecule has 4 aromatic rings. The molecule has 0 N–H and O–H groups in total. The van der Waals surface area contributed by atoms with Crippen LogP contribution >= 0.6 is 0 Å². The van der Waals surface area contributed by atoms with Crippen LogP contribution in [0, 0.1) is 6.92 Å². The van der Waals surface area contributed by atoms with Gasteiger partial charge in [-0.15, -0.1) is 0 Å². The highest BCUT2D eigenvalue weighted by Gasteiger charge is 2.13. The first kappa shape index (κ1) is 23.3. The maximum Gasteiger partial charge on any atom is 0.296 e. The second-order valence-corrected chi connectivity index (χ2v) is 8.63. The van der Waals surface area contributed by atoms with E-state index in [4.69, 9.17) is 0 Å². The first-order valence-corrected chi connectivity index (χ1v) is 11.8. The van der Waals surface area contributed by atoms with Crippen LogP contribution in [0.3, 0.4) is 0 Å². The van der Waals surface area contributed by atoms with Crippen molar-refractivity contribution in [1.82, 2.24) is 0 Å². The molecule has 0 aliphatic heterocycles. The molecule has 0 amide bonds. The van der Waals surface area contributed by atoms with Crippen molar-refractivity contribution in [3.05, 3.63) is 121 Å². The van der Waals surface area contributed by atoms with Crippen molar-refractivity contribution in [2.45, 2.75) is 18.7 Å². The van der Waals surface area contributed by atoms with Gasteiger partial charge in [-0.2, -0.15) is 8.42 Å². The van der Waals surface area contributed by atoms with Gasteiger partial charge in [0, 0.05) is 17.1 Å². The molecule has 0 spiro atoms. The molecule has 0 bridgehead atoms. The van der Waals surface area contributed by atoms with Gasteiger partial charge >= 0.3 is 0 Å². The largest absolute Gasteiger partial charge is 0.311 e. The van der Waals surface area contributed by atoms with Gasteiger partial charge in [-0.1, -0.05) is 72.3 Å². The Morgan fingerprint density at radius 1 is 0.625 bits per heavy atom. The Kier molecular flexibility index (Phi) is 8.20. The molecule has 0 aromatic heterocycles. The standard InChI is InChI=1S/C18H15N.C9H12O3S/c1-4-10-16(11-5-1)19(17-12-6-2-7-13-17)18-14-8-3-9-15-18;1-3-12-13(10,11)9-6-4-8(2)5-7-9/h1-15H;4-7H,3H2,1-2H3. The molecule has 5 heteroatoms. The normalized spacial score (nSPS) is 10.7. The SMILES string of the molecule is CCOS(=O)(=O)c1ccc(C)cc1.c1ccc(N(c2ccccc2)c2ccccc2)cc1. The summed E-state index contributed by atoms with van der Waals surface area (Å²) < 4.78 is 27.3. The van der Waals surface area contributed by atoms with Crippen LogP contribution in [0.25, 0.3) is 0 Å². The summed E-state index contributed by atoms with van der Waals surface area (Å²) in [6, 6.07) is 37.8. The lowest BCUT2D eigenvalue weighted by molar-refractivity contribution is 0.338. The fourth-order valence-corrected chi connectivity index (χ4v) is 4.02. The van der Waals surface area contributed by atoms with Crippen LogP contribution in [0.4, 0.5) is 17.1 Å². The zero-order valence-corrected chi connectivity index (χ0v) is 19.1. The van der Waals surface area contributed by atoms with E-state index in [1.807, 2.05) is 25.1 Å². The highest BCUT2D eigenvalue weighted by Crippen LogP contribution is 2.33. The first-order valence-electron chi connectivity index (χ1n) is 10.4. The molecule has 0 saturated carbocycles. The summed E-state index contributed by atoms with van der Waals surface area (Å²) in [4.78, 5) is 2.46. The van der Waals surface area contributed by atoms with E-state index in [1.165, 1.54) is 17.1 Å². The third kappa shape index (κ3) is 6.30. The Morgan fingerprint density at radius 2 is 1.00 bits per heavy atom. The Hall–Kier alpha value is -3.41. The zero-order valence-electron chi connectivity index (χ0n) is 18.3. The van der Waals surface area contributed by atoms with Crippen molar-refractivity contribution in [1.29, 1.82) is 0 Å². The van der Waals surface area contributed by atoms with Crippen LogP contribution in [0.5, 0.6) is 0 Å². The predicted octanol–water partition coefficient (Wildman–Crippen LogP) is 6.88. The Bertz CT molecular complexity index is 1080. The fraction of sp³-hybridized carbons (Fsp3) is 0.111. The minimum atomic E-state index is -3.53. The maximum atomic E-state index is 11.3. The second-order valence-electron chi connectivity index (χ2n) is 7.02. The Labute approximate surface area is 190 Å². The van der Waals surface area contributed by atoms with Crippen molar-refractivity contribution in [2.75, 3.05) is 11.5 Å². The van der Waals surface area contributed by atoms with E-state index < -0.39 is 10.1 Å².